The van der Waals surface area contributed by atoms with Crippen molar-refractivity contribution >= 4 is 11.9 Å². The SMILES string of the molecule is Cn1ccc(C(=O)N[C@H](CCO)C(=O)O)cc1=O. The van der Waals surface area contributed by atoms with Crippen molar-refractivity contribution in [3.8, 4) is 0 Å². The van der Waals surface area contributed by atoms with E-state index in [1.165, 1.54) is 23.9 Å². The normalized spacial score (nSPS) is 11.9. The van der Waals surface area contributed by atoms with Gasteiger partial charge in [0.1, 0.15) is 6.04 Å². The molecule has 0 aliphatic heterocycles. The third-order valence-electron chi connectivity index (χ3n) is 2.39. The maximum Gasteiger partial charge on any atom is 0.326 e. The molecule has 0 fully saturated rings. The molecule has 1 amide bonds. The summed E-state index contributed by atoms with van der Waals surface area (Å²) < 4.78 is 1.29. The molecule has 0 saturated heterocycles. The van der Waals surface area contributed by atoms with Gasteiger partial charge in [-0.1, -0.05) is 0 Å². The number of amides is 1. The van der Waals surface area contributed by atoms with Crippen molar-refractivity contribution in [2.45, 2.75) is 12.5 Å². The van der Waals surface area contributed by atoms with Crippen LogP contribution in [-0.4, -0.2) is 39.3 Å². The lowest BCUT2D eigenvalue weighted by Gasteiger charge is -2.13. The van der Waals surface area contributed by atoms with E-state index < -0.39 is 17.9 Å². The van der Waals surface area contributed by atoms with Crippen LogP contribution in [0.3, 0.4) is 0 Å². The van der Waals surface area contributed by atoms with Crippen molar-refractivity contribution in [2.24, 2.45) is 7.05 Å². The van der Waals surface area contributed by atoms with Crippen LogP contribution in [0.4, 0.5) is 0 Å². The Kier molecular flexibility index (Phi) is 4.61. The molecule has 0 aliphatic rings. The first-order valence-corrected chi connectivity index (χ1v) is 5.27. The lowest BCUT2D eigenvalue weighted by atomic mass is 10.2. The molecule has 1 aromatic heterocycles. The first-order valence-electron chi connectivity index (χ1n) is 5.27. The maximum absolute atomic E-state index is 11.7. The number of nitrogens with one attached hydrogen (secondary N) is 1. The van der Waals surface area contributed by atoms with Crippen molar-refractivity contribution in [3.63, 3.8) is 0 Å². The van der Waals surface area contributed by atoms with Gasteiger partial charge in [0.15, 0.2) is 0 Å². The molecular formula is C11H14N2O5. The maximum atomic E-state index is 11.7. The summed E-state index contributed by atoms with van der Waals surface area (Å²) >= 11 is 0. The number of hydrogen-bond donors (Lipinski definition) is 3. The van der Waals surface area contributed by atoms with Gasteiger partial charge < -0.3 is 20.1 Å². The summed E-state index contributed by atoms with van der Waals surface area (Å²) in [6.45, 7) is -0.353. The Bertz CT molecular complexity index is 508. The monoisotopic (exact) mass is 254 g/mol. The molecule has 0 unspecified atom stereocenters. The quantitative estimate of drug-likeness (QED) is 0.621. The zero-order chi connectivity index (χ0) is 13.7. The summed E-state index contributed by atoms with van der Waals surface area (Å²) in [4.78, 5) is 33.8. The number of hydrogen-bond acceptors (Lipinski definition) is 4. The largest absolute Gasteiger partial charge is 0.480 e. The summed E-state index contributed by atoms with van der Waals surface area (Å²) in [6.07, 6.45) is 1.32. The number of carbonyl (C=O) groups excluding carboxylic acids is 1. The molecule has 0 bridgehead atoms. The van der Waals surface area contributed by atoms with E-state index >= 15 is 0 Å². The Morgan fingerprint density at radius 1 is 1.50 bits per heavy atom. The van der Waals surface area contributed by atoms with Crippen molar-refractivity contribution in [1.82, 2.24) is 9.88 Å². The van der Waals surface area contributed by atoms with E-state index in [0.717, 1.165) is 6.07 Å². The molecule has 1 aromatic rings. The summed E-state index contributed by atoms with van der Waals surface area (Å²) in [7, 11) is 1.54. The molecule has 7 nitrogen and oxygen atoms in total. The number of aromatic nitrogens is 1. The molecule has 18 heavy (non-hydrogen) atoms. The Morgan fingerprint density at radius 2 is 2.17 bits per heavy atom. The first kappa shape index (κ1) is 13.9. The Morgan fingerprint density at radius 3 is 2.67 bits per heavy atom. The van der Waals surface area contributed by atoms with Crippen LogP contribution in [-0.2, 0) is 11.8 Å². The summed E-state index contributed by atoms with van der Waals surface area (Å²) in [5.74, 6) is -1.89. The highest BCUT2D eigenvalue weighted by atomic mass is 16.4. The fourth-order valence-electron chi connectivity index (χ4n) is 1.32. The van der Waals surface area contributed by atoms with E-state index in [-0.39, 0.29) is 24.2 Å². The molecule has 1 rings (SSSR count). The van der Waals surface area contributed by atoms with Crippen molar-refractivity contribution in [2.75, 3.05) is 6.61 Å². The molecule has 0 spiro atoms. The summed E-state index contributed by atoms with van der Waals surface area (Å²) in [6, 6.07) is 1.36. The van der Waals surface area contributed by atoms with Crippen LogP contribution in [0, 0.1) is 0 Å². The third-order valence-corrected chi connectivity index (χ3v) is 2.39. The minimum atomic E-state index is -1.23. The van der Waals surface area contributed by atoms with E-state index in [1.807, 2.05) is 0 Å². The smallest absolute Gasteiger partial charge is 0.326 e. The number of aryl methyl sites for hydroxylation is 1. The predicted octanol–water partition coefficient (Wildman–Crippen LogP) is -1.05. The number of rotatable bonds is 5. The van der Waals surface area contributed by atoms with Crippen LogP contribution in [0.2, 0.25) is 0 Å². The second kappa shape index (κ2) is 5.97. The van der Waals surface area contributed by atoms with Gasteiger partial charge in [0.25, 0.3) is 11.5 Å². The van der Waals surface area contributed by atoms with E-state index in [9.17, 15) is 14.4 Å². The number of nitrogens with zero attached hydrogens (tertiary/aromatic N) is 1. The highest BCUT2D eigenvalue weighted by Crippen LogP contribution is 1.98. The molecule has 0 radical (unpaired) electrons. The summed E-state index contributed by atoms with van der Waals surface area (Å²) in [5, 5.41) is 19.7. The fraction of sp³-hybridized carbons (Fsp3) is 0.364. The zero-order valence-corrected chi connectivity index (χ0v) is 9.79. The number of aliphatic hydroxyl groups excluding tert-OH is 1. The van der Waals surface area contributed by atoms with Crippen molar-refractivity contribution < 1.29 is 19.8 Å². The van der Waals surface area contributed by atoms with E-state index in [1.54, 1.807) is 0 Å². The first-order chi connectivity index (χ1) is 8.45. The summed E-state index contributed by atoms with van der Waals surface area (Å²) in [5.41, 5.74) is -0.279. The van der Waals surface area contributed by atoms with E-state index in [2.05, 4.69) is 5.32 Å². The Hall–Kier alpha value is -2.15. The van der Waals surface area contributed by atoms with Gasteiger partial charge in [-0.15, -0.1) is 0 Å². The topological polar surface area (TPSA) is 109 Å². The van der Waals surface area contributed by atoms with Crippen LogP contribution in [0.5, 0.6) is 0 Å². The number of pyridine rings is 1. The lowest BCUT2D eigenvalue weighted by molar-refractivity contribution is -0.139. The average molecular weight is 254 g/mol. The highest BCUT2D eigenvalue weighted by molar-refractivity contribution is 5.96. The van der Waals surface area contributed by atoms with Crippen LogP contribution in [0.1, 0.15) is 16.8 Å². The van der Waals surface area contributed by atoms with Gasteiger partial charge in [-0.3, -0.25) is 9.59 Å². The Balaban J connectivity index is 2.83. The predicted molar refractivity (Wildman–Crippen MR) is 62.3 cm³/mol. The van der Waals surface area contributed by atoms with Gasteiger partial charge in [0.05, 0.1) is 0 Å². The van der Waals surface area contributed by atoms with Gasteiger partial charge in [0, 0.05) is 37.9 Å². The van der Waals surface area contributed by atoms with Gasteiger partial charge in [0.2, 0.25) is 0 Å². The molecule has 0 aliphatic carbocycles. The van der Waals surface area contributed by atoms with Crippen molar-refractivity contribution in [3.05, 3.63) is 34.2 Å². The van der Waals surface area contributed by atoms with E-state index in [0.29, 0.717) is 0 Å². The Labute approximate surface area is 103 Å². The standard InChI is InChI=1S/C11H14N2O5/c1-13-4-2-7(6-9(13)15)10(16)12-8(3-5-14)11(17)18/h2,4,6,8,14H,3,5H2,1H3,(H,12,16)(H,17,18)/t8-/m1/s1. The van der Waals surface area contributed by atoms with Gasteiger partial charge in [-0.25, -0.2) is 4.79 Å². The fourth-order valence-corrected chi connectivity index (χ4v) is 1.32. The number of carboxylic acid groups (broad SMARTS) is 1. The minimum Gasteiger partial charge on any atom is -0.480 e. The minimum absolute atomic E-state index is 0.0855. The van der Waals surface area contributed by atoms with Gasteiger partial charge in [-0.05, 0) is 6.07 Å². The number of aliphatic carboxylic acids is 1. The molecule has 1 atom stereocenters. The molecular weight excluding hydrogens is 240 g/mol. The van der Waals surface area contributed by atoms with Crippen LogP contribution in [0.25, 0.3) is 0 Å². The average Bonchev–Trinajstić information content (AvgIpc) is 2.31. The lowest BCUT2D eigenvalue weighted by Crippen LogP contribution is -2.41. The van der Waals surface area contributed by atoms with E-state index in [4.69, 9.17) is 10.2 Å². The van der Waals surface area contributed by atoms with Crippen LogP contribution >= 0.6 is 0 Å². The number of carbonyl (C=O) groups is 2. The third kappa shape index (κ3) is 3.42. The van der Waals surface area contributed by atoms with Crippen LogP contribution in [0.15, 0.2) is 23.1 Å². The van der Waals surface area contributed by atoms with Crippen molar-refractivity contribution in [1.29, 1.82) is 0 Å². The van der Waals surface area contributed by atoms with Gasteiger partial charge >= 0.3 is 5.97 Å². The molecule has 0 aromatic carbocycles. The molecule has 1 heterocycles. The molecule has 3 N–H and O–H groups in total. The number of aliphatic hydroxyl groups is 1. The van der Waals surface area contributed by atoms with Gasteiger partial charge in [-0.2, -0.15) is 0 Å². The molecule has 7 heteroatoms. The second-order valence-corrected chi connectivity index (χ2v) is 3.74. The number of carboxylic acids is 1. The molecule has 98 valence electrons. The molecule has 0 saturated carbocycles. The van der Waals surface area contributed by atoms with Crippen LogP contribution < -0.4 is 10.9 Å². The highest BCUT2D eigenvalue weighted by Gasteiger charge is 2.20. The zero-order valence-electron chi connectivity index (χ0n) is 9.79. The second-order valence-electron chi connectivity index (χ2n) is 3.74.